The van der Waals surface area contributed by atoms with Crippen molar-refractivity contribution in [1.82, 2.24) is 0 Å². The lowest BCUT2D eigenvalue weighted by Gasteiger charge is -2.06. The summed E-state index contributed by atoms with van der Waals surface area (Å²) >= 11 is 10.6. The van der Waals surface area contributed by atoms with Crippen molar-refractivity contribution in [2.45, 2.75) is 18.9 Å². The monoisotopic (exact) mass is 298 g/mol. The molecule has 1 heterocycles. The Balaban J connectivity index is 2.47. The number of hydrogen-bond acceptors (Lipinski definition) is 3. The molecule has 1 aromatic heterocycles. The van der Waals surface area contributed by atoms with Gasteiger partial charge in [-0.25, -0.2) is 0 Å². The average Bonchev–Trinajstić information content (AvgIpc) is 2.47. The zero-order valence-electron chi connectivity index (χ0n) is 7.80. The molecular weight excluding hydrogens is 288 g/mol. The Bertz CT molecular complexity index is 271. The first-order chi connectivity index (χ1) is 6.65. The molecule has 0 aliphatic rings. The van der Waals surface area contributed by atoms with Gasteiger partial charge in [-0.3, -0.25) is 0 Å². The van der Waals surface area contributed by atoms with E-state index in [0.29, 0.717) is 17.4 Å². The van der Waals surface area contributed by atoms with E-state index in [1.165, 1.54) is 11.3 Å². The Labute approximate surface area is 101 Å². The molecule has 2 nitrogen and oxygen atoms in total. The fourth-order valence-electron chi connectivity index (χ4n) is 1.09. The minimum absolute atomic E-state index is 0.432. The van der Waals surface area contributed by atoms with Gasteiger partial charge in [-0.2, -0.15) is 0 Å². The van der Waals surface area contributed by atoms with Crippen molar-refractivity contribution in [3.05, 3.63) is 19.8 Å². The van der Waals surface area contributed by atoms with Gasteiger partial charge >= 0.3 is 0 Å². The first kappa shape index (κ1) is 12.5. The van der Waals surface area contributed by atoms with Crippen molar-refractivity contribution in [1.29, 1.82) is 0 Å². The van der Waals surface area contributed by atoms with Crippen LogP contribution in [-0.4, -0.2) is 18.8 Å². The summed E-state index contributed by atoms with van der Waals surface area (Å²) in [6, 6.07) is 1.87. The maximum absolute atomic E-state index is 9.76. The summed E-state index contributed by atoms with van der Waals surface area (Å²) in [7, 11) is 1.66. The molecule has 0 saturated heterocycles. The summed E-state index contributed by atoms with van der Waals surface area (Å²) < 4.78 is 6.45. The third-order valence-corrected chi connectivity index (χ3v) is 4.39. The van der Waals surface area contributed by atoms with Crippen LogP contribution in [0.15, 0.2) is 10.5 Å². The van der Waals surface area contributed by atoms with E-state index in [9.17, 15) is 5.11 Å². The summed E-state index contributed by atoms with van der Waals surface area (Å²) in [5.41, 5.74) is 0. The van der Waals surface area contributed by atoms with Gasteiger partial charge in [0, 0.05) is 23.1 Å². The van der Waals surface area contributed by atoms with Gasteiger partial charge in [0.2, 0.25) is 0 Å². The number of aliphatic hydroxyl groups excluding tert-OH is 1. The molecule has 0 radical (unpaired) electrons. The number of hydrogen-bond donors (Lipinski definition) is 1. The summed E-state index contributed by atoms with van der Waals surface area (Å²) in [5, 5.41) is 9.76. The molecule has 1 atom stereocenters. The molecule has 1 N–H and O–H groups in total. The number of aliphatic hydroxyl groups is 1. The Hall–Kier alpha value is 0.390. The topological polar surface area (TPSA) is 29.5 Å². The van der Waals surface area contributed by atoms with Crippen molar-refractivity contribution < 1.29 is 9.84 Å². The second-order valence-electron chi connectivity index (χ2n) is 2.92. The Morgan fingerprint density at radius 3 is 2.93 bits per heavy atom. The van der Waals surface area contributed by atoms with Crippen LogP contribution in [0.2, 0.25) is 4.34 Å². The molecule has 0 aliphatic carbocycles. The Morgan fingerprint density at radius 2 is 2.43 bits per heavy atom. The van der Waals surface area contributed by atoms with Crippen molar-refractivity contribution in [2.24, 2.45) is 0 Å². The molecule has 5 heteroatoms. The lowest BCUT2D eigenvalue weighted by atomic mass is 10.2. The predicted octanol–water partition coefficient (Wildman–Crippen LogP) is 3.62. The van der Waals surface area contributed by atoms with Crippen LogP contribution in [0.5, 0.6) is 0 Å². The summed E-state index contributed by atoms with van der Waals surface area (Å²) in [6.45, 7) is 0.678. The van der Waals surface area contributed by atoms with Crippen molar-refractivity contribution in [3.8, 4) is 0 Å². The molecule has 1 rings (SSSR count). The zero-order valence-corrected chi connectivity index (χ0v) is 11.0. The number of thiophene rings is 1. The van der Waals surface area contributed by atoms with Gasteiger partial charge in [0.05, 0.1) is 6.10 Å². The average molecular weight is 300 g/mol. The summed E-state index contributed by atoms with van der Waals surface area (Å²) in [6.07, 6.45) is 1.13. The van der Waals surface area contributed by atoms with Crippen molar-refractivity contribution in [3.63, 3.8) is 0 Å². The van der Waals surface area contributed by atoms with E-state index in [1.807, 2.05) is 6.07 Å². The van der Waals surface area contributed by atoms with E-state index in [4.69, 9.17) is 16.3 Å². The van der Waals surface area contributed by atoms with Gasteiger partial charge in [0.15, 0.2) is 0 Å². The van der Waals surface area contributed by atoms with Gasteiger partial charge in [0.25, 0.3) is 0 Å². The van der Waals surface area contributed by atoms with Crippen LogP contribution in [0, 0.1) is 0 Å². The lowest BCUT2D eigenvalue weighted by molar-refractivity contribution is 0.138. The maximum atomic E-state index is 9.76. The van der Waals surface area contributed by atoms with Gasteiger partial charge < -0.3 is 9.84 Å². The molecular formula is C9H12BrClO2S. The SMILES string of the molecule is COCCCC(O)c1cc(Br)c(Cl)s1. The molecule has 1 aromatic rings. The van der Waals surface area contributed by atoms with Crippen LogP contribution < -0.4 is 0 Å². The molecule has 0 saturated carbocycles. The van der Waals surface area contributed by atoms with Crippen LogP contribution >= 0.6 is 38.9 Å². The predicted molar refractivity (Wildman–Crippen MR) is 63.1 cm³/mol. The smallest absolute Gasteiger partial charge is 0.107 e. The van der Waals surface area contributed by atoms with Crippen LogP contribution in [0.3, 0.4) is 0 Å². The highest BCUT2D eigenvalue weighted by Gasteiger charge is 2.12. The molecule has 80 valence electrons. The third kappa shape index (κ3) is 3.51. The quantitative estimate of drug-likeness (QED) is 0.841. The highest BCUT2D eigenvalue weighted by atomic mass is 79.9. The third-order valence-electron chi connectivity index (χ3n) is 1.82. The fourth-order valence-corrected chi connectivity index (χ4v) is 2.85. The summed E-state index contributed by atoms with van der Waals surface area (Å²) in [4.78, 5) is 0.901. The first-order valence-electron chi connectivity index (χ1n) is 4.27. The molecule has 1 unspecified atom stereocenters. The number of halogens is 2. The van der Waals surface area contributed by atoms with Crippen LogP contribution in [0.25, 0.3) is 0 Å². The van der Waals surface area contributed by atoms with E-state index in [2.05, 4.69) is 15.9 Å². The van der Waals surface area contributed by atoms with Crippen molar-refractivity contribution >= 4 is 38.9 Å². The molecule has 0 aromatic carbocycles. The van der Waals surface area contributed by atoms with E-state index in [0.717, 1.165) is 15.8 Å². The largest absolute Gasteiger partial charge is 0.388 e. The molecule has 0 amide bonds. The molecule has 14 heavy (non-hydrogen) atoms. The number of rotatable bonds is 5. The summed E-state index contributed by atoms with van der Waals surface area (Å²) in [5.74, 6) is 0. The second-order valence-corrected chi connectivity index (χ2v) is 5.46. The van der Waals surface area contributed by atoms with Gasteiger partial charge in [-0.05, 0) is 34.8 Å². The number of methoxy groups -OCH3 is 1. The first-order valence-corrected chi connectivity index (χ1v) is 6.25. The number of ether oxygens (including phenoxy) is 1. The van der Waals surface area contributed by atoms with Gasteiger partial charge in [0.1, 0.15) is 4.34 Å². The minimum atomic E-state index is -0.432. The van der Waals surface area contributed by atoms with Crippen molar-refractivity contribution in [2.75, 3.05) is 13.7 Å². The van der Waals surface area contributed by atoms with E-state index < -0.39 is 6.10 Å². The van der Waals surface area contributed by atoms with Crippen LogP contribution in [-0.2, 0) is 4.74 Å². The molecule has 0 aliphatic heterocycles. The highest BCUT2D eigenvalue weighted by molar-refractivity contribution is 9.10. The zero-order chi connectivity index (χ0) is 10.6. The van der Waals surface area contributed by atoms with E-state index in [1.54, 1.807) is 7.11 Å². The lowest BCUT2D eigenvalue weighted by Crippen LogP contribution is -1.97. The van der Waals surface area contributed by atoms with Gasteiger partial charge in [-0.15, -0.1) is 11.3 Å². The second kappa shape index (κ2) is 6.08. The van der Waals surface area contributed by atoms with E-state index >= 15 is 0 Å². The molecule has 0 fully saturated rings. The van der Waals surface area contributed by atoms with Gasteiger partial charge in [-0.1, -0.05) is 11.6 Å². The minimum Gasteiger partial charge on any atom is -0.388 e. The Morgan fingerprint density at radius 1 is 1.71 bits per heavy atom. The fraction of sp³-hybridized carbons (Fsp3) is 0.556. The molecule has 0 bridgehead atoms. The molecule has 0 spiro atoms. The highest BCUT2D eigenvalue weighted by Crippen LogP contribution is 2.36. The normalized spacial score (nSPS) is 13.1. The van der Waals surface area contributed by atoms with Crippen LogP contribution in [0.1, 0.15) is 23.8 Å². The maximum Gasteiger partial charge on any atom is 0.107 e. The van der Waals surface area contributed by atoms with E-state index in [-0.39, 0.29) is 0 Å². The Kier molecular flexibility index (Phi) is 5.41. The van der Waals surface area contributed by atoms with Crippen LogP contribution in [0.4, 0.5) is 0 Å². The standard InChI is InChI=1S/C9H12BrClO2S/c1-13-4-2-3-7(12)8-5-6(10)9(11)14-8/h5,7,12H,2-4H2,1H3.